The highest BCUT2D eigenvalue weighted by atomic mass is 19.1. The minimum Gasteiger partial charge on any atom is -0.385 e. The maximum Gasteiger partial charge on any atom is 0.261 e. The lowest BCUT2D eigenvalue weighted by molar-refractivity contribution is 0.0638. The Kier molecular flexibility index (Phi) is 5.70. The van der Waals surface area contributed by atoms with Crippen LogP contribution in [-0.4, -0.2) is 59.5 Å². The lowest BCUT2D eigenvalue weighted by Crippen LogP contribution is -2.36. The van der Waals surface area contributed by atoms with Gasteiger partial charge in [0.05, 0.1) is 23.4 Å². The summed E-state index contributed by atoms with van der Waals surface area (Å²) in [7, 11) is 1.56. The van der Waals surface area contributed by atoms with Crippen molar-refractivity contribution in [1.82, 2.24) is 15.0 Å². The van der Waals surface area contributed by atoms with Crippen molar-refractivity contribution in [3.63, 3.8) is 0 Å². The van der Waals surface area contributed by atoms with Gasteiger partial charge in [-0.15, -0.1) is 0 Å². The molecule has 2 aliphatic heterocycles. The standard InChI is InChI=1S/C25H22FN3O5/c1-33-12-2-10-29-24(31)18-8-5-16(13-19(18)25(29)32)23(30)28-11-9-21-20(14-28)22(34-27-21)15-3-6-17(26)7-4-15/h3-8,13H,2,9-12,14H2,1H3. The fourth-order valence-electron chi connectivity index (χ4n) is 4.39. The zero-order chi connectivity index (χ0) is 23.8. The number of halogens is 1. The number of ether oxygens (including phenoxy) is 1. The third-order valence-electron chi connectivity index (χ3n) is 6.18. The monoisotopic (exact) mass is 463 g/mol. The molecule has 1 aromatic heterocycles. The average Bonchev–Trinajstić information content (AvgIpc) is 3.38. The van der Waals surface area contributed by atoms with E-state index in [1.165, 1.54) is 29.2 Å². The molecule has 0 spiro atoms. The number of amides is 3. The molecule has 2 aliphatic rings. The fourth-order valence-corrected chi connectivity index (χ4v) is 4.39. The number of nitrogens with zero attached hydrogens (tertiary/aromatic N) is 3. The van der Waals surface area contributed by atoms with Crippen LogP contribution < -0.4 is 0 Å². The van der Waals surface area contributed by atoms with Crippen molar-refractivity contribution < 1.29 is 28.0 Å². The summed E-state index contributed by atoms with van der Waals surface area (Å²) in [6, 6.07) is 10.5. The number of benzene rings is 2. The molecule has 8 nitrogen and oxygen atoms in total. The van der Waals surface area contributed by atoms with Gasteiger partial charge in [0, 0.05) is 49.9 Å². The van der Waals surface area contributed by atoms with E-state index in [-0.39, 0.29) is 36.3 Å². The second kappa shape index (κ2) is 8.83. The lowest BCUT2D eigenvalue weighted by Gasteiger charge is -2.26. The molecular weight excluding hydrogens is 441 g/mol. The Labute approximate surface area is 194 Å². The number of hydrogen-bond acceptors (Lipinski definition) is 6. The van der Waals surface area contributed by atoms with Gasteiger partial charge < -0.3 is 14.2 Å². The van der Waals surface area contributed by atoms with Gasteiger partial charge in [-0.1, -0.05) is 5.16 Å². The number of hydrogen-bond donors (Lipinski definition) is 0. The summed E-state index contributed by atoms with van der Waals surface area (Å²) in [6.07, 6.45) is 1.06. The van der Waals surface area contributed by atoms with Crippen LogP contribution in [0.2, 0.25) is 0 Å². The number of carbonyl (C=O) groups excluding carboxylic acids is 3. The van der Waals surface area contributed by atoms with Gasteiger partial charge in [-0.25, -0.2) is 4.39 Å². The van der Waals surface area contributed by atoms with E-state index in [2.05, 4.69) is 5.16 Å². The van der Waals surface area contributed by atoms with Crippen LogP contribution in [-0.2, 0) is 17.7 Å². The zero-order valence-corrected chi connectivity index (χ0v) is 18.5. The molecule has 34 heavy (non-hydrogen) atoms. The Morgan fingerprint density at radius 1 is 1.12 bits per heavy atom. The molecule has 174 valence electrons. The van der Waals surface area contributed by atoms with Gasteiger partial charge in [-0.3, -0.25) is 19.3 Å². The Morgan fingerprint density at radius 3 is 2.65 bits per heavy atom. The highest BCUT2D eigenvalue weighted by molar-refractivity contribution is 6.22. The molecule has 5 rings (SSSR count). The van der Waals surface area contributed by atoms with Crippen molar-refractivity contribution in [3.8, 4) is 11.3 Å². The third kappa shape index (κ3) is 3.77. The number of imide groups is 1. The van der Waals surface area contributed by atoms with Gasteiger partial charge in [-0.2, -0.15) is 0 Å². The molecule has 0 saturated carbocycles. The Bertz CT molecular complexity index is 1280. The van der Waals surface area contributed by atoms with E-state index in [1.807, 2.05) is 0 Å². The Balaban J connectivity index is 1.37. The number of aromatic nitrogens is 1. The van der Waals surface area contributed by atoms with Gasteiger partial charge >= 0.3 is 0 Å². The summed E-state index contributed by atoms with van der Waals surface area (Å²) >= 11 is 0. The minimum atomic E-state index is -0.399. The van der Waals surface area contributed by atoms with Crippen LogP contribution in [0.3, 0.4) is 0 Å². The zero-order valence-electron chi connectivity index (χ0n) is 18.5. The number of methoxy groups -OCH3 is 1. The molecule has 0 bridgehead atoms. The number of carbonyl (C=O) groups is 3. The molecular formula is C25H22FN3O5. The maximum atomic E-state index is 13.3. The molecule has 0 aliphatic carbocycles. The van der Waals surface area contributed by atoms with Crippen molar-refractivity contribution in [2.75, 3.05) is 26.8 Å². The van der Waals surface area contributed by atoms with Crippen LogP contribution in [0.4, 0.5) is 4.39 Å². The van der Waals surface area contributed by atoms with Crippen molar-refractivity contribution in [2.45, 2.75) is 19.4 Å². The van der Waals surface area contributed by atoms with Gasteiger partial charge in [0.25, 0.3) is 17.7 Å². The van der Waals surface area contributed by atoms with Gasteiger partial charge in [0.1, 0.15) is 5.82 Å². The second-order valence-electron chi connectivity index (χ2n) is 8.29. The molecule has 9 heteroatoms. The third-order valence-corrected chi connectivity index (χ3v) is 6.18. The van der Waals surface area contributed by atoms with E-state index in [9.17, 15) is 18.8 Å². The van der Waals surface area contributed by atoms with E-state index in [4.69, 9.17) is 9.26 Å². The summed E-state index contributed by atoms with van der Waals surface area (Å²) in [5.41, 5.74) is 3.11. The molecule has 0 fully saturated rings. The molecule has 0 atom stereocenters. The molecule has 3 heterocycles. The van der Waals surface area contributed by atoms with E-state index in [0.29, 0.717) is 48.4 Å². The molecule has 3 amide bonds. The van der Waals surface area contributed by atoms with Crippen LogP contribution in [0.25, 0.3) is 11.3 Å². The summed E-state index contributed by atoms with van der Waals surface area (Å²) in [5, 5.41) is 4.12. The molecule has 2 aromatic carbocycles. The van der Waals surface area contributed by atoms with Crippen molar-refractivity contribution in [3.05, 3.63) is 76.2 Å². The van der Waals surface area contributed by atoms with E-state index >= 15 is 0 Å². The van der Waals surface area contributed by atoms with Gasteiger partial charge in [0.15, 0.2) is 5.76 Å². The summed E-state index contributed by atoms with van der Waals surface area (Å²) in [6.45, 7) is 1.42. The molecule has 0 N–H and O–H groups in total. The van der Waals surface area contributed by atoms with Gasteiger partial charge in [0.2, 0.25) is 0 Å². The van der Waals surface area contributed by atoms with E-state index in [0.717, 1.165) is 11.3 Å². The highest BCUT2D eigenvalue weighted by Gasteiger charge is 2.36. The normalized spacial score (nSPS) is 15.0. The molecule has 3 aromatic rings. The fraction of sp³-hybridized carbons (Fsp3) is 0.280. The smallest absolute Gasteiger partial charge is 0.261 e. The van der Waals surface area contributed by atoms with Crippen LogP contribution in [0, 0.1) is 5.82 Å². The predicted octanol–water partition coefficient (Wildman–Crippen LogP) is 3.31. The summed E-state index contributed by atoms with van der Waals surface area (Å²) < 4.78 is 23.8. The minimum absolute atomic E-state index is 0.239. The van der Waals surface area contributed by atoms with Crippen LogP contribution in [0.1, 0.15) is 48.8 Å². The SMILES string of the molecule is COCCCN1C(=O)c2ccc(C(=O)N3CCc4noc(-c5ccc(F)cc5)c4C3)cc2C1=O. The van der Waals surface area contributed by atoms with E-state index < -0.39 is 5.91 Å². The highest BCUT2D eigenvalue weighted by Crippen LogP contribution is 2.32. The van der Waals surface area contributed by atoms with Crippen LogP contribution in [0.5, 0.6) is 0 Å². The first-order chi connectivity index (χ1) is 16.5. The average molecular weight is 463 g/mol. The largest absolute Gasteiger partial charge is 0.385 e. The molecule has 0 radical (unpaired) electrons. The Hall–Kier alpha value is -3.85. The summed E-state index contributed by atoms with van der Waals surface area (Å²) in [5.74, 6) is -0.849. The number of fused-ring (bicyclic) bond motifs is 2. The molecule has 0 saturated heterocycles. The summed E-state index contributed by atoms with van der Waals surface area (Å²) in [4.78, 5) is 41.6. The first kappa shape index (κ1) is 22.0. The van der Waals surface area contributed by atoms with Crippen molar-refractivity contribution in [2.24, 2.45) is 0 Å². The lowest BCUT2D eigenvalue weighted by atomic mass is 10.00. The van der Waals surface area contributed by atoms with Crippen LogP contribution >= 0.6 is 0 Å². The maximum absolute atomic E-state index is 13.3. The van der Waals surface area contributed by atoms with Crippen LogP contribution in [0.15, 0.2) is 47.0 Å². The quantitative estimate of drug-likeness (QED) is 0.411. The first-order valence-corrected chi connectivity index (χ1v) is 11.0. The number of rotatable bonds is 6. The van der Waals surface area contributed by atoms with Crippen molar-refractivity contribution >= 4 is 17.7 Å². The second-order valence-corrected chi connectivity index (χ2v) is 8.29. The van der Waals surface area contributed by atoms with E-state index in [1.54, 1.807) is 30.2 Å². The first-order valence-electron chi connectivity index (χ1n) is 11.0. The van der Waals surface area contributed by atoms with Gasteiger partial charge in [-0.05, 0) is 48.9 Å². The topological polar surface area (TPSA) is 92.9 Å². The van der Waals surface area contributed by atoms with Crippen molar-refractivity contribution in [1.29, 1.82) is 0 Å². The Morgan fingerprint density at radius 2 is 1.88 bits per heavy atom. The molecule has 0 unspecified atom stereocenters. The predicted molar refractivity (Wildman–Crippen MR) is 119 cm³/mol.